The lowest BCUT2D eigenvalue weighted by molar-refractivity contribution is 0.289. The molecule has 0 spiro atoms. The van der Waals surface area contributed by atoms with E-state index in [0.717, 1.165) is 17.8 Å². The van der Waals surface area contributed by atoms with Gasteiger partial charge in [0.2, 0.25) is 0 Å². The first-order valence-electron chi connectivity index (χ1n) is 4.09. The first kappa shape index (κ1) is 9.00. The molecule has 0 aliphatic carbocycles. The monoisotopic (exact) mass is 128 g/mol. The standard InChI is InChI=1S/C9H20/c1-6-8(4)9(5)7(2)3/h7-9H,6H2,1-5H3/t8-,9+/m1/s1. The molecule has 0 rings (SSSR count). The van der Waals surface area contributed by atoms with Crippen molar-refractivity contribution in [3.8, 4) is 0 Å². The van der Waals surface area contributed by atoms with Gasteiger partial charge in [-0.2, -0.15) is 0 Å². The van der Waals surface area contributed by atoms with E-state index in [-0.39, 0.29) is 0 Å². The Balaban J connectivity index is 3.58. The van der Waals surface area contributed by atoms with Crippen LogP contribution < -0.4 is 0 Å². The lowest BCUT2D eigenvalue weighted by Crippen LogP contribution is -2.12. The van der Waals surface area contributed by atoms with Crippen molar-refractivity contribution in [1.29, 1.82) is 0 Å². The molecule has 0 bridgehead atoms. The quantitative estimate of drug-likeness (QED) is 0.547. The van der Waals surface area contributed by atoms with Crippen LogP contribution in [-0.4, -0.2) is 0 Å². The summed E-state index contributed by atoms with van der Waals surface area (Å²) in [5.41, 5.74) is 0. The van der Waals surface area contributed by atoms with Crippen molar-refractivity contribution < 1.29 is 0 Å². The zero-order valence-corrected chi connectivity index (χ0v) is 7.44. The van der Waals surface area contributed by atoms with E-state index >= 15 is 0 Å². The Morgan fingerprint density at radius 1 is 1.00 bits per heavy atom. The van der Waals surface area contributed by atoms with Crippen molar-refractivity contribution in [2.45, 2.75) is 41.0 Å². The largest absolute Gasteiger partial charge is 0.0651 e. The fourth-order valence-corrected chi connectivity index (χ4v) is 1.03. The summed E-state index contributed by atoms with van der Waals surface area (Å²) in [6, 6.07) is 0. The van der Waals surface area contributed by atoms with Crippen LogP contribution in [0.4, 0.5) is 0 Å². The molecule has 0 nitrogen and oxygen atoms in total. The van der Waals surface area contributed by atoms with Gasteiger partial charge in [0.1, 0.15) is 0 Å². The Labute approximate surface area is 59.7 Å². The fourth-order valence-electron chi connectivity index (χ4n) is 1.03. The van der Waals surface area contributed by atoms with Crippen molar-refractivity contribution >= 4 is 0 Å². The lowest BCUT2D eigenvalue weighted by Gasteiger charge is -2.21. The van der Waals surface area contributed by atoms with Crippen LogP contribution in [0, 0.1) is 17.8 Å². The summed E-state index contributed by atoms with van der Waals surface area (Å²) in [5.74, 6) is 2.62. The average molecular weight is 128 g/mol. The van der Waals surface area contributed by atoms with Gasteiger partial charge in [0.25, 0.3) is 0 Å². The molecular formula is C9H20. The van der Waals surface area contributed by atoms with Gasteiger partial charge in [-0.15, -0.1) is 0 Å². The van der Waals surface area contributed by atoms with Gasteiger partial charge in [-0.1, -0.05) is 41.0 Å². The van der Waals surface area contributed by atoms with Crippen molar-refractivity contribution in [2.24, 2.45) is 17.8 Å². The minimum absolute atomic E-state index is 0.847. The van der Waals surface area contributed by atoms with E-state index in [1.165, 1.54) is 6.42 Å². The maximum absolute atomic E-state index is 2.35. The third-order valence-corrected chi connectivity index (χ3v) is 2.59. The molecule has 0 heteroatoms. The molecule has 0 aromatic carbocycles. The summed E-state index contributed by atoms with van der Waals surface area (Å²) in [6.07, 6.45) is 1.32. The molecule has 0 unspecified atom stereocenters. The molecule has 0 saturated carbocycles. The van der Waals surface area contributed by atoms with E-state index in [1.54, 1.807) is 0 Å². The molecule has 2 atom stereocenters. The van der Waals surface area contributed by atoms with Gasteiger partial charge < -0.3 is 0 Å². The third-order valence-electron chi connectivity index (χ3n) is 2.59. The zero-order chi connectivity index (χ0) is 7.44. The normalized spacial score (nSPS) is 18.0. The van der Waals surface area contributed by atoms with E-state index in [0.29, 0.717) is 0 Å². The number of hydrogen-bond donors (Lipinski definition) is 0. The molecule has 0 saturated heterocycles. The van der Waals surface area contributed by atoms with E-state index in [1.807, 2.05) is 0 Å². The Morgan fingerprint density at radius 3 is 1.56 bits per heavy atom. The van der Waals surface area contributed by atoms with Crippen molar-refractivity contribution in [3.05, 3.63) is 0 Å². The van der Waals surface area contributed by atoms with Crippen molar-refractivity contribution in [1.82, 2.24) is 0 Å². The summed E-state index contributed by atoms with van der Waals surface area (Å²) < 4.78 is 0. The van der Waals surface area contributed by atoms with Crippen LogP contribution in [0.3, 0.4) is 0 Å². The van der Waals surface area contributed by atoms with Crippen LogP contribution in [0.5, 0.6) is 0 Å². The van der Waals surface area contributed by atoms with Crippen molar-refractivity contribution in [3.63, 3.8) is 0 Å². The second-order valence-corrected chi connectivity index (χ2v) is 3.49. The smallest absolute Gasteiger partial charge is 0.0394 e. The van der Waals surface area contributed by atoms with Gasteiger partial charge in [-0.05, 0) is 17.8 Å². The molecule has 0 aromatic rings. The van der Waals surface area contributed by atoms with Crippen LogP contribution in [0.15, 0.2) is 0 Å². The highest BCUT2D eigenvalue weighted by Gasteiger charge is 2.12. The molecule has 56 valence electrons. The van der Waals surface area contributed by atoms with Crippen LogP contribution >= 0.6 is 0 Å². The molecule has 0 aromatic heterocycles. The summed E-state index contributed by atoms with van der Waals surface area (Å²) in [4.78, 5) is 0. The molecule has 0 radical (unpaired) electrons. The van der Waals surface area contributed by atoms with Crippen LogP contribution in [0.2, 0.25) is 0 Å². The molecule has 0 aliphatic heterocycles. The second-order valence-electron chi connectivity index (χ2n) is 3.49. The maximum atomic E-state index is 2.35. The second kappa shape index (κ2) is 3.92. The highest BCUT2D eigenvalue weighted by atomic mass is 14.2. The first-order chi connectivity index (χ1) is 4.09. The molecule has 0 N–H and O–H groups in total. The minimum Gasteiger partial charge on any atom is -0.0651 e. The topological polar surface area (TPSA) is 0 Å². The summed E-state index contributed by atoms with van der Waals surface area (Å²) in [7, 11) is 0. The molecule has 0 fully saturated rings. The van der Waals surface area contributed by atoms with Gasteiger partial charge in [-0.25, -0.2) is 0 Å². The van der Waals surface area contributed by atoms with Crippen LogP contribution in [-0.2, 0) is 0 Å². The van der Waals surface area contributed by atoms with Gasteiger partial charge in [0, 0.05) is 0 Å². The fraction of sp³-hybridized carbons (Fsp3) is 1.00. The minimum atomic E-state index is 0.847. The van der Waals surface area contributed by atoms with E-state index < -0.39 is 0 Å². The van der Waals surface area contributed by atoms with E-state index in [4.69, 9.17) is 0 Å². The van der Waals surface area contributed by atoms with Crippen molar-refractivity contribution in [2.75, 3.05) is 0 Å². The molecule has 9 heavy (non-hydrogen) atoms. The van der Waals surface area contributed by atoms with Crippen LogP contribution in [0.25, 0.3) is 0 Å². The summed E-state index contributed by atoms with van der Waals surface area (Å²) in [6.45, 7) is 11.6. The van der Waals surface area contributed by atoms with Gasteiger partial charge in [0.05, 0.1) is 0 Å². The average Bonchev–Trinajstić information content (AvgIpc) is 1.84. The van der Waals surface area contributed by atoms with Crippen LogP contribution in [0.1, 0.15) is 41.0 Å². The van der Waals surface area contributed by atoms with E-state index in [9.17, 15) is 0 Å². The third kappa shape index (κ3) is 2.88. The molecule has 0 amide bonds. The highest BCUT2D eigenvalue weighted by Crippen LogP contribution is 2.21. The zero-order valence-electron chi connectivity index (χ0n) is 7.44. The summed E-state index contributed by atoms with van der Waals surface area (Å²) >= 11 is 0. The summed E-state index contributed by atoms with van der Waals surface area (Å²) in [5, 5.41) is 0. The molecule has 0 heterocycles. The highest BCUT2D eigenvalue weighted by molar-refractivity contribution is 4.62. The van der Waals surface area contributed by atoms with Gasteiger partial charge >= 0.3 is 0 Å². The Bertz CT molecular complexity index is 64.4. The SMILES string of the molecule is CC[C@@H](C)[C@@H](C)C(C)C. The Morgan fingerprint density at radius 2 is 1.44 bits per heavy atom. The van der Waals surface area contributed by atoms with Gasteiger partial charge in [-0.3, -0.25) is 0 Å². The number of hydrogen-bond acceptors (Lipinski definition) is 0. The number of rotatable bonds is 3. The predicted octanol–water partition coefficient (Wildman–Crippen LogP) is 3.32. The molecular weight excluding hydrogens is 108 g/mol. The first-order valence-corrected chi connectivity index (χ1v) is 4.09. The van der Waals surface area contributed by atoms with Gasteiger partial charge in [0.15, 0.2) is 0 Å². The predicted molar refractivity (Wildman–Crippen MR) is 43.5 cm³/mol. The van der Waals surface area contributed by atoms with E-state index in [2.05, 4.69) is 34.6 Å². The maximum Gasteiger partial charge on any atom is -0.0394 e. The Hall–Kier alpha value is 0. The molecule has 0 aliphatic rings. The Kier molecular flexibility index (Phi) is 3.92. The lowest BCUT2D eigenvalue weighted by atomic mass is 9.85.